The molecule has 3 rings (SSSR count). The average molecular weight is 420 g/mol. The van der Waals surface area contributed by atoms with Gasteiger partial charge in [0.15, 0.2) is 0 Å². The number of hydrogen-bond acceptors (Lipinski definition) is 4. The molecule has 0 fully saturated rings. The van der Waals surface area contributed by atoms with Crippen molar-refractivity contribution in [3.8, 4) is 5.69 Å². The second kappa shape index (κ2) is 9.93. The van der Waals surface area contributed by atoms with Crippen LogP contribution in [0.15, 0.2) is 54.6 Å². The summed E-state index contributed by atoms with van der Waals surface area (Å²) in [5, 5.41) is 4.56. The summed E-state index contributed by atoms with van der Waals surface area (Å²) < 4.78 is 1.83. The maximum atomic E-state index is 12.5. The standard InChI is InChI=1S/C24H29N5O2/c1-5-28(6-2)20-14-12-19(13-15-20)24(31)26-25-23(30)16-22-17(3)27-29(18(22)4)21-10-8-7-9-11-21/h7-15H,5-6,16H2,1-4H3,(H,25,30)(H,26,31). The molecule has 7 nitrogen and oxygen atoms in total. The van der Waals surface area contributed by atoms with Gasteiger partial charge in [-0.3, -0.25) is 20.4 Å². The Kier molecular flexibility index (Phi) is 7.07. The lowest BCUT2D eigenvalue weighted by atomic mass is 10.1. The van der Waals surface area contributed by atoms with Gasteiger partial charge >= 0.3 is 0 Å². The van der Waals surface area contributed by atoms with Crippen molar-refractivity contribution in [2.45, 2.75) is 34.1 Å². The van der Waals surface area contributed by atoms with Gasteiger partial charge in [-0.05, 0) is 64.1 Å². The van der Waals surface area contributed by atoms with Crippen LogP contribution >= 0.6 is 0 Å². The number of carbonyl (C=O) groups excluding carboxylic acids is 2. The lowest BCUT2D eigenvalue weighted by Crippen LogP contribution is -2.42. The summed E-state index contributed by atoms with van der Waals surface area (Å²) >= 11 is 0. The topological polar surface area (TPSA) is 79.3 Å². The van der Waals surface area contributed by atoms with E-state index >= 15 is 0 Å². The van der Waals surface area contributed by atoms with Crippen molar-refractivity contribution in [2.75, 3.05) is 18.0 Å². The quantitative estimate of drug-likeness (QED) is 0.576. The largest absolute Gasteiger partial charge is 0.372 e. The van der Waals surface area contributed by atoms with Crippen molar-refractivity contribution in [3.63, 3.8) is 0 Å². The molecule has 0 atom stereocenters. The van der Waals surface area contributed by atoms with Gasteiger partial charge in [-0.25, -0.2) is 4.68 Å². The molecule has 3 aromatic rings. The van der Waals surface area contributed by atoms with Crippen LogP contribution in [0.4, 0.5) is 5.69 Å². The van der Waals surface area contributed by atoms with Crippen molar-refractivity contribution < 1.29 is 9.59 Å². The number of hydrazine groups is 1. The molecule has 31 heavy (non-hydrogen) atoms. The molecule has 7 heteroatoms. The molecule has 0 aliphatic heterocycles. The Balaban J connectivity index is 1.60. The number of rotatable bonds is 7. The highest BCUT2D eigenvalue weighted by atomic mass is 16.2. The van der Waals surface area contributed by atoms with Crippen LogP contribution in [0, 0.1) is 13.8 Å². The zero-order valence-corrected chi connectivity index (χ0v) is 18.5. The first-order valence-electron chi connectivity index (χ1n) is 10.5. The van der Waals surface area contributed by atoms with Crippen molar-refractivity contribution in [1.29, 1.82) is 0 Å². The molecule has 162 valence electrons. The Hall–Kier alpha value is -3.61. The fraction of sp³-hybridized carbons (Fsp3) is 0.292. The number of nitrogens with zero attached hydrogens (tertiary/aromatic N) is 3. The van der Waals surface area contributed by atoms with E-state index in [9.17, 15) is 9.59 Å². The number of nitrogens with one attached hydrogen (secondary N) is 2. The number of hydrogen-bond donors (Lipinski definition) is 2. The number of carbonyl (C=O) groups is 2. The second-order valence-corrected chi connectivity index (χ2v) is 7.29. The summed E-state index contributed by atoms with van der Waals surface area (Å²) in [7, 11) is 0. The maximum absolute atomic E-state index is 12.5. The van der Waals surface area contributed by atoms with Gasteiger partial charge < -0.3 is 4.90 Å². The number of anilines is 1. The van der Waals surface area contributed by atoms with Crippen molar-refractivity contribution in [1.82, 2.24) is 20.6 Å². The van der Waals surface area contributed by atoms with E-state index in [1.165, 1.54) is 0 Å². The lowest BCUT2D eigenvalue weighted by molar-refractivity contribution is -0.121. The summed E-state index contributed by atoms with van der Waals surface area (Å²) in [6, 6.07) is 17.1. The predicted octanol–water partition coefficient (Wildman–Crippen LogP) is 3.34. The second-order valence-electron chi connectivity index (χ2n) is 7.29. The van der Waals surface area contributed by atoms with Crippen LogP contribution in [0.5, 0.6) is 0 Å². The lowest BCUT2D eigenvalue weighted by Gasteiger charge is -2.21. The zero-order chi connectivity index (χ0) is 22.4. The molecule has 2 aromatic carbocycles. The molecule has 0 saturated heterocycles. The number of aryl methyl sites for hydroxylation is 1. The van der Waals surface area contributed by atoms with E-state index in [1.807, 2.05) is 61.0 Å². The minimum Gasteiger partial charge on any atom is -0.372 e. The first kappa shape index (κ1) is 22.1. The summed E-state index contributed by atoms with van der Waals surface area (Å²) in [6.45, 7) is 9.80. The fourth-order valence-corrected chi connectivity index (χ4v) is 3.57. The smallest absolute Gasteiger partial charge is 0.269 e. The highest BCUT2D eigenvalue weighted by Crippen LogP contribution is 2.18. The van der Waals surface area contributed by atoms with E-state index in [0.717, 1.165) is 41.4 Å². The van der Waals surface area contributed by atoms with Crippen molar-refractivity contribution in [2.24, 2.45) is 0 Å². The molecule has 1 heterocycles. The molecule has 0 unspecified atom stereocenters. The molecule has 0 radical (unpaired) electrons. The molecule has 2 amide bonds. The van der Waals surface area contributed by atoms with E-state index in [-0.39, 0.29) is 18.2 Å². The molecule has 0 aliphatic rings. The predicted molar refractivity (Wildman–Crippen MR) is 122 cm³/mol. The van der Waals surface area contributed by atoms with Gasteiger partial charge in [-0.2, -0.15) is 5.10 Å². The molecule has 2 N–H and O–H groups in total. The van der Waals surface area contributed by atoms with E-state index in [4.69, 9.17) is 0 Å². The van der Waals surface area contributed by atoms with E-state index in [0.29, 0.717) is 5.56 Å². The first-order chi connectivity index (χ1) is 14.9. The van der Waals surface area contributed by atoms with Gasteiger partial charge in [0.1, 0.15) is 0 Å². The van der Waals surface area contributed by atoms with Crippen LogP contribution in [-0.4, -0.2) is 34.7 Å². The Morgan fingerprint density at radius 3 is 2.19 bits per heavy atom. The molecule has 0 saturated carbocycles. The normalized spacial score (nSPS) is 10.6. The Morgan fingerprint density at radius 1 is 0.935 bits per heavy atom. The average Bonchev–Trinajstić information content (AvgIpc) is 3.07. The third-order valence-electron chi connectivity index (χ3n) is 5.35. The summed E-state index contributed by atoms with van der Waals surface area (Å²) in [6.07, 6.45) is 0.131. The number of benzene rings is 2. The van der Waals surface area contributed by atoms with Gasteiger partial charge in [0, 0.05) is 35.6 Å². The van der Waals surface area contributed by atoms with Gasteiger partial charge in [0.05, 0.1) is 17.8 Å². The van der Waals surface area contributed by atoms with Crippen LogP contribution in [0.3, 0.4) is 0 Å². The van der Waals surface area contributed by atoms with Crippen molar-refractivity contribution in [3.05, 3.63) is 77.1 Å². The SMILES string of the molecule is CCN(CC)c1ccc(C(=O)NNC(=O)Cc2c(C)nn(-c3ccccc3)c2C)cc1. The molecular formula is C24H29N5O2. The molecule has 1 aromatic heterocycles. The van der Waals surface area contributed by atoms with Gasteiger partial charge in [0.2, 0.25) is 5.91 Å². The van der Waals surface area contributed by atoms with E-state index in [1.54, 1.807) is 12.1 Å². The highest BCUT2D eigenvalue weighted by molar-refractivity contribution is 5.95. The van der Waals surface area contributed by atoms with Crippen LogP contribution in [-0.2, 0) is 11.2 Å². The van der Waals surface area contributed by atoms with Crippen LogP contribution in [0.1, 0.15) is 41.2 Å². The summed E-state index contributed by atoms with van der Waals surface area (Å²) in [4.78, 5) is 27.0. The maximum Gasteiger partial charge on any atom is 0.269 e. The fourth-order valence-electron chi connectivity index (χ4n) is 3.57. The van der Waals surface area contributed by atoms with Crippen molar-refractivity contribution >= 4 is 17.5 Å². The molecular weight excluding hydrogens is 390 g/mol. The Bertz CT molecular complexity index is 1040. The Morgan fingerprint density at radius 2 is 1.58 bits per heavy atom. The van der Waals surface area contributed by atoms with Crippen LogP contribution in [0.25, 0.3) is 5.69 Å². The summed E-state index contributed by atoms with van der Waals surface area (Å²) in [5.41, 5.74) is 10.0. The third kappa shape index (κ3) is 5.12. The monoisotopic (exact) mass is 419 g/mol. The van der Waals surface area contributed by atoms with Gasteiger partial charge in [-0.15, -0.1) is 0 Å². The minimum atomic E-state index is -0.354. The van der Waals surface area contributed by atoms with Crippen LogP contribution in [0.2, 0.25) is 0 Å². The number of amides is 2. The third-order valence-corrected chi connectivity index (χ3v) is 5.35. The Labute approximate surface area is 183 Å². The van der Waals surface area contributed by atoms with Crippen LogP contribution < -0.4 is 15.8 Å². The highest BCUT2D eigenvalue weighted by Gasteiger charge is 2.16. The summed E-state index contributed by atoms with van der Waals surface area (Å²) in [5.74, 6) is -0.653. The van der Waals surface area contributed by atoms with E-state index in [2.05, 4.69) is 34.7 Å². The zero-order valence-electron chi connectivity index (χ0n) is 18.5. The molecule has 0 bridgehead atoms. The van der Waals surface area contributed by atoms with Gasteiger partial charge in [0.25, 0.3) is 5.91 Å². The molecule has 0 aliphatic carbocycles. The minimum absolute atomic E-state index is 0.131. The van der Waals surface area contributed by atoms with Gasteiger partial charge in [-0.1, -0.05) is 18.2 Å². The molecule has 0 spiro atoms. The first-order valence-corrected chi connectivity index (χ1v) is 10.5. The number of para-hydroxylation sites is 1. The number of aromatic nitrogens is 2. The van der Waals surface area contributed by atoms with E-state index < -0.39 is 0 Å².